The number of amides is 1. The number of hydrogen-bond donors (Lipinski definition) is 2. The Morgan fingerprint density at radius 1 is 1.29 bits per heavy atom. The van der Waals surface area contributed by atoms with Crippen molar-refractivity contribution >= 4 is 21.7 Å². The van der Waals surface area contributed by atoms with Crippen LogP contribution >= 0.6 is 0 Å². The second-order valence-corrected chi connectivity index (χ2v) is 9.08. The SMILES string of the molecule is CCc1ccc([C@@H](CC2CCOCC2)C(=O)Nc2cc(OC)ncn2)c(S(N)(=O)=O)c1. The first-order valence-electron chi connectivity index (χ1n) is 10.2. The number of nitrogens with two attached hydrogens (primary N) is 1. The third-order valence-electron chi connectivity index (χ3n) is 5.50. The number of aromatic nitrogens is 2. The highest BCUT2D eigenvalue weighted by atomic mass is 32.2. The number of rotatable bonds is 8. The number of aryl methyl sites for hydroxylation is 1. The van der Waals surface area contributed by atoms with Crippen molar-refractivity contribution in [1.29, 1.82) is 0 Å². The summed E-state index contributed by atoms with van der Waals surface area (Å²) in [5, 5.41) is 8.30. The molecule has 1 amide bonds. The molecule has 168 valence electrons. The van der Waals surface area contributed by atoms with Crippen LogP contribution in [-0.4, -0.2) is 44.6 Å². The lowest BCUT2D eigenvalue weighted by Gasteiger charge is -2.27. The van der Waals surface area contributed by atoms with E-state index in [1.807, 2.05) is 13.0 Å². The lowest BCUT2D eigenvalue weighted by Crippen LogP contribution is -2.28. The molecule has 31 heavy (non-hydrogen) atoms. The summed E-state index contributed by atoms with van der Waals surface area (Å²) in [5.41, 5.74) is 1.23. The van der Waals surface area contributed by atoms with Crippen LogP contribution in [0.2, 0.25) is 0 Å². The molecule has 3 N–H and O–H groups in total. The summed E-state index contributed by atoms with van der Waals surface area (Å²) in [7, 11) is -2.55. The van der Waals surface area contributed by atoms with Crippen LogP contribution in [0.1, 0.15) is 43.2 Å². The molecule has 2 heterocycles. The number of benzene rings is 1. The van der Waals surface area contributed by atoms with E-state index in [2.05, 4.69) is 15.3 Å². The van der Waals surface area contributed by atoms with Gasteiger partial charge in [-0.1, -0.05) is 19.1 Å². The van der Waals surface area contributed by atoms with E-state index in [-0.39, 0.29) is 22.5 Å². The molecule has 1 aliphatic rings. The fraction of sp³-hybridized carbons (Fsp3) is 0.476. The van der Waals surface area contributed by atoms with Crippen LogP contribution in [0.3, 0.4) is 0 Å². The lowest BCUT2D eigenvalue weighted by molar-refractivity contribution is -0.118. The molecule has 1 saturated heterocycles. The van der Waals surface area contributed by atoms with E-state index >= 15 is 0 Å². The van der Waals surface area contributed by atoms with Gasteiger partial charge in [-0.05, 0) is 48.8 Å². The summed E-state index contributed by atoms with van der Waals surface area (Å²) in [5.74, 6) is -0.270. The van der Waals surface area contributed by atoms with Gasteiger partial charge in [0.2, 0.25) is 21.8 Å². The topological polar surface area (TPSA) is 134 Å². The molecule has 9 nitrogen and oxygen atoms in total. The first-order valence-corrected chi connectivity index (χ1v) is 11.8. The number of carbonyl (C=O) groups is 1. The number of anilines is 1. The number of hydrogen-bond acceptors (Lipinski definition) is 7. The lowest BCUT2D eigenvalue weighted by atomic mass is 9.84. The molecule has 1 aromatic heterocycles. The van der Waals surface area contributed by atoms with Crippen LogP contribution in [-0.2, 0) is 26.0 Å². The monoisotopic (exact) mass is 448 g/mol. The normalized spacial score (nSPS) is 16.0. The van der Waals surface area contributed by atoms with Crippen LogP contribution < -0.4 is 15.2 Å². The molecular weight excluding hydrogens is 420 g/mol. The Balaban J connectivity index is 1.99. The number of primary sulfonamides is 1. The fourth-order valence-corrected chi connectivity index (χ4v) is 4.61. The quantitative estimate of drug-likeness (QED) is 0.632. The van der Waals surface area contributed by atoms with E-state index in [0.717, 1.165) is 18.4 Å². The highest BCUT2D eigenvalue weighted by Crippen LogP contribution is 2.34. The second-order valence-electron chi connectivity index (χ2n) is 7.55. The highest BCUT2D eigenvalue weighted by molar-refractivity contribution is 7.89. The number of nitrogens with zero attached hydrogens (tertiary/aromatic N) is 2. The average molecular weight is 449 g/mol. The van der Waals surface area contributed by atoms with Gasteiger partial charge in [0, 0.05) is 19.3 Å². The van der Waals surface area contributed by atoms with Crippen molar-refractivity contribution in [3.63, 3.8) is 0 Å². The van der Waals surface area contributed by atoms with Gasteiger partial charge in [0.05, 0.1) is 17.9 Å². The van der Waals surface area contributed by atoms with Crippen molar-refractivity contribution in [2.75, 3.05) is 25.6 Å². The van der Waals surface area contributed by atoms with Crippen LogP contribution in [0.25, 0.3) is 0 Å². The van der Waals surface area contributed by atoms with E-state index in [9.17, 15) is 13.2 Å². The van der Waals surface area contributed by atoms with Crippen molar-refractivity contribution in [2.45, 2.75) is 43.4 Å². The zero-order valence-electron chi connectivity index (χ0n) is 17.7. The zero-order valence-corrected chi connectivity index (χ0v) is 18.5. The zero-order chi connectivity index (χ0) is 22.4. The first-order chi connectivity index (χ1) is 14.8. The van der Waals surface area contributed by atoms with Crippen molar-refractivity contribution in [2.24, 2.45) is 11.1 Å². The molecule has 0 saturated carbocycles. The smallest absolute Gasteiger partial charge is 0.238 e. The molecular formula is C21H28N4O5S. The molecule has 1 atom stereocenters. The molecule has 0 unspecified atom stereocenters. The Morgan fingerprint density at radius 2 is 2.03 bits per heavy atom. The highest BCUT2D eigenvalue weighted by Gasteiger charge is 2.30. The van der Waals surface area contributed by atoms with Crippen LogP contribution in [0.5, 0.6) is 5.88 Å². The molecule has 3 rings (SSSR count). The molecule has 0 aliphatic carbocycles. The first kappa shape index (κ1) is 23.1. The molecule has 1 aromatic carbocycles. The maximum Gasteiger partial charge on any atom is 0.238 e. The minimum absolute atomic E-state index is 0.0145. The van der Waals surface area contributed by atoms with Gasteiger partial charge in [-0.25, -0.2) is 23.5 Å². The summed E-state index contributed by atoms with van der Waals surface area (Å²) < 4.78 is 35.3. The van der Waals surface area contributed by atoms with Gasteiger partial charge in [-0.3, -0.25) is 4.79 Å². The molecule has 1 fully saturated rings. The third-order valence-corrected chi connectivity index (χ3v) is 6.46. The van der Waals surface area contributed by atoms with E-state index in [4.69, 9.17) is 14.6 Å². The Labute approximate surface area is 182 Å². The third kappa shape index (κ3) is 5.99. The number of sulfonamides is 1. The fourth-order valence-electron chi connectivity index (χ4n) is 3.76. The van der Waals surface area contributed by atoms with Gasteiger partial charge in [0.25, 0.3) is 0 Å². The molecule has 1 aliphatic heterocycles. The second kappa shape index (κ2) is 10.2. The average Bonchev–Trinajstić information content (AvgIpc) is 2.77. The van der Waals surface area contributed by atoms with Crippen molar-refractivity contribution in [3.05, 3.63) is 41.7 Å². The molecule has 2 aromatic rings. The van der Waals surface area contributed by atoms with Crippen molar-refractivity contribution in [3.8, 4) is 5.88 Å². The maximum atomic E-state index is 13.3. The number of carbonyl (C=O) groups excluding carboxylic acids is 1. The van der Waals surface area contributed by atoms with Crippen LogP contribution in [0.4, 0.5) is 5.82 Å². The van der Waals surface area contributed by atoms with E-state index in [1.165, 1.54) is 19.5 Å². The van der Waals surface area contributed by atoms with E-state index in [0.29, 0.717) is 37.5 Å². The summed E-state index contributed by atoms with van der Waals surface area (Å²) in [6.07, 6.45) is 4.03. The van der Waals surface area contributed by atoms with Crippen LogP contribution in [0.15, 0.2) is 35.5 Å². The largest absolute Gasteiger partial charge is 0.481 e. The minimum Gasteiger partial charge on any atom is -0.481 e. The summed E-state index contributed by atoms with van der Waals surface area (Å²) in [6.45, 7) is 3.18. The predicted molar refractivity (Wildman–Crippen MR) is 115 cm³/mol. The van der Waals surface area contributed by atoms with Crippen molar-refractivity contribution in [1.82, 2.24) is 9.97 Å². The predicted octanol–water partition coefficient (Wildman–Crippen LogP) is 2.23. The molecule has 10 heteroatoms. The Morgan fingerprint density at radius 3 is 2.68 bits per heavy atom. The van der Waals surface area contributed by atoms with Gasteiger partial charge in [-0.2, -0.15) is 0 Å². The van der Waals surface area contributed by atoms with E-state index in [1.54, 1.807) is 12.1 Å². The van der Waals surface area contributed by atoms with Gasteiger partial charge >= 0.3 is 0 Å². The van der Waals surface area contributed by atoms with Gasteiger partial charge in [0.1, 0.15) is 12.1 Å². The maximum absolute atomic E-state index is 13.3. The minimum atomic E-state index is -4.02. The van der Waals surface area contributed by atoms with Crippen LogP contribution in [0, 0.1) is 5.92 Å². The number of nitrogens with one attached hydrogen (secondary N) is 1. The summed E-state index contributed by atoms with van der Waals surface area (Å²) >= 11 is 0. The van der Waals surface area contributed by atoms with Gasteiger partial charge in [0.15, 0.2) is 0 Å². The number of methoxy groups -OCH3 is 1. The van der Waals surface area contributed by atoms with Crippen molar-refractivity contribution < 1.29 is 22.7 Å². The summed E-state index contributed by atoms with van der Waals surface area (Å²) in [6, 6.07) is 6.59. The molecule has 0 spiro atoms. The Hall–Kier alpha value is -2.56. The Bertz CT molecular complexity index is 1020. The standard InChI is InChI=1S/C21H28N4O5S/c1-3-14-4-5-16(18(11-14)31(22,27)28)17(10-15-6-8-30-9-7-15)21(26)25-19-12-20(29-2)24-13-23-19/h4-5,11-13,15,17H,3,6-10H2,1-2H3,(H2,22,27,28)(H,23,24,25,26)/t17-/m1/s1. The van der Waals surface area contributed by atoms with Gasteiger partial charge < -0.3 is 14.8 Å². The number of ether oxygens (including phenoxy) is 2. The van der Waals surface area contributed by atoms with Gasteiger partial charge in [-0.15, -0.1) is 0 Å². The Kier molecular flexibility index (Phi) is 7.58. The molecule has 0 radical (unpaired) electrons. The molecule has 0 bridgehead atoms. The van der Waals surface area contributed by atoms with E-state index < -0.39 is 15.9 Å². The summed E-state index contributed by atoms with van der Waals surface area (Å²) in [4.78, 5) is 21.3.